The minimum atomic E-state index is -0.966. The van der Waals surface area contributed by atoms with Crippen molar-refractivity contribution < 1.29 is 9.59 Å². The van der Waals surface area contributed by atoms with Gasteiger partial charge >= 0.3 is 0 Å². The Morgan fingerprint density at radius 2 is 1.74 bits per heavy atom. The van der Waals surface area contributed by atoms with Gasteiger partial charge in [0.15, 0.2) is 5.69 Å². The summed E-state index contributed by atoms with van der Waals surface area (Å²) in [6.45, 7) is 7.36. The van der Waals surface area contributed by atoms with E-state index in [0.29, 0.717) is 26.2 Å². The van der Waals surface area contributed by atoms with E-state index >= 15 is 0 Å². The summed E-state index contributed by atoms with van der Waals surface area (Å²) in [5.74, 6) is -0.770. The molecule has 0 aliphatic carbocycles. The van der Waals surface area contributed by atoms with Crippen molar-refractivity contribution in [2.24, 2.45) is 0 Å². The van der Waals surface area contributed by atoms with E-state index in [1.54, 1.807) is 43.3 Å². The summed E-state index contributed by atoms with van der Waals surface area (Å²) >= 11 is 13.6. The first-order valence-electron chi connectivity index (χ1n) is 9.63. The first-order chi connectivity index (χ1) is 14.7. The van der Waals surface area contributed by atoms with E-state index in [1.165, 1.54) is 4.90 Å². The lowest BCUT2D eigenvalue weighted by molar-refractivity contribution is -0.123. The van der Waals surface area contributed by atoms with E-state index in [2.05, 4.69) is 14.9 Å². The Kier molecular flexibility index (Phi) is 7.30. The Balaban J connectivity index is 2.21. The van der Waals surface area contributed by atoms with Gasteiger partial charge in [-0.2, -0.15) is 0 Å². The summed E-state index contributed by atoms with van der Waals surface area (Å²) in [5, 5.41) is 7.94. The maximum atomic E-state index is 13.7. The number of carbonyl (C=O) groups excluding carboxylic acids is 2. The number of aromatic nitrogens is 2. The van der Waals surface area contributed by atoms with Gasteiger partial charge in [0.05, 0.1) is 4.88 Å². The number of halogens is 2. The third-order valence-electron chi connectivity index (χ3n) is 4.63. The second-order valence-corrected chi connectivity index (χ2v) is 9.21. The molecule has 31 heavy (non-hydrogen) atoms. The van der Waals surface area contributed by atoms with Crippen molar-refractivity contribution in [2.45, 2.75) is 39.8 Å². The fraction of sp³-hybridized carbons (Fsp3) is 0.273. The number of benzene rings is 2. The molecule has 9 heteroatoms. The molecule has 2 aromatic carbocycles. The van der Waals surface area contributed by atoms with Gasteiger partial charge in [-0.05, 0) is 74.6 Å². The van der Waals surface area contributed by atoms with Gasteiger partial charge < -0.3 is 5.32 Å². The predicted octanol–water partition coefficient (Wildman–Crippen LogP) is 5.37. The predicted molar refractivity (Wildman–Crippen MR) is 125 cm³/mol. The molecule has 3 aromatic rings. The third-order valence-corrected chi connectivity index (χ3v) is 5.92. The Hall–Kier alpha value is -2.48. The van der Waals surface area contributed by atoms with E-state index in [-0.39, 0.29) is 17.6 Å². The molecule has 2 amide bonds. The highest BCUT2D eigenvalue weighted by Gasteiger charge is 2.35. The van der Waals surface area contributed by atoms with Gasteiger partial charge in [0.25, 0.3) is 5.91 Å². The third kappa shape index (κ3) is 5.23. The molecule has 0 radical (unpaired) electrons. The van der Waals surface area contributed by atoms with Crippen molar-refractivity contribution in [1.29, 1.82) is 0 Å². The molecule has 0 aliphatic rings. The molecule has 0 spiro atoms. The highest BCUT2D eigenvalue weighted by atomic mass is 35.5. The summed E-state index contributed by atoms with van der Waals surface area (Å²) in [6, 6.07) is 11.0. The largest absolute Gasteiger partial charge is 0.352 e. The van der Waals surface area contributed by atoms with Crippen LogP contribution in [0, 0.1) is 13.8 Å². The van der Waals surface area contributed by atoms with Gasteiger partial charge in [0.1, 0.15) is 6.04 Å². The van der Waals surface area contributed by atoms with Crippen molar-refractivity contribution in [3.63, 3.8) is 0 Å². The van der Waals surface area contributed by atoms with E-state index in [4.69, 9.17) is 23.2 Å². The molecular formula is C22H22Cl2N4O2S. The molecule has 0 saturated heterocycles. The van der Waals surface area contributed by atoms with Crippen LogP contribution < -0.4 is 10.2 Å². The number of aryl methyl sites for hydroxylation is 2. The summed E-state index contributed by atoms with van der Waals surface area (Å²) < 4.78 is 3.89. The second kappa shape index (κ2) is 9.77. The van der Waals surface area contributed by atoms with Crippen LogP contribution in [0.2, 0.25) is 10.0 Å². The summed E-state index contributed by atoms with van der Waals surface area (Å²) in [7, 11) is 0. The lowest BCUT2D eigenvalue weighted by Gasteiger charge is -2.32. The van der Waals surface area contributed by atoms with E-state index < -0.39 is 11.9 Å². The van der Waals surface area contributed by atoms with Gasteiger partial charge in [-0.1, -0.05) is 45.9 Å². The first kappa shape index (κ1) is 23.2. The minimum absolute atomic E-state index is 0.122. The van der Waals surface area contributed by atoms with Crippen LogP contribution in [0.5, 0.6) is 0 Å². The monoisotopic (exact) mass is 476 g/mol. The summed E-state index contributed by atoms with van der Waals surface area (Å²) in [6.07, 6.45) is 0. The van der Waals surface area contributed by atoms with Gasteiger partial charge in [-0.3, -0.25) is 14.5 Å². The molecule has 1 N–H and O–H groups in total. The molecular weight excluding hydrogens is 455 g/mol. The normalized spacial score (nSPS) is 12.0. The number of amides is 2. The highest BCUT2D eigenvalue weighted by molar-refractivity contribution is 7.05. The smallest absolute Gasteiger partial charge is 0.281 e. The fourth-order valence-corrected chi connectivity index (χ4v) is 3.85. The standard InChI is InChI=1S/C22H22Cl2N4O2S/c1-12(2)25-21(29)20(15-6-8-16(23)9-7-15)28(17-10-5-13(3)18(24)11-17)22(30)19-14(4)31-27-26-19/h5-12,20H,1-4H3,(H,25,29). The zero-order valence-corrected chi connectivity index (χ0v) is 19.8. The van der Waals surface area contributed by atoms with Crippen LogP contribution >= 0.6 is 34.7 Å². The van der Waals surface area contributed by atoms with Crippen molar-refractivity contribution in [3.05, 3.63) is 74.2 Å². The van der Waals surface area contributed by atoms with E-state index in [9.17, 15) is 9.59 Å². The molecule has 1 atom stereocenters. The molecule has 6 nitrogen and oxygen atoms in total. The highest BCUT2D eigenvalue weighted by Crippen LogP contribution is 2.33. The van der Waals surface area contributed by atoms with Crippen molar-refractivity contribution >= 4 is 52.2 Å². The second-order valence-electron chi connectivity index (χ2n) is 7.40. The fourth-order valence-electron chi connectivity index (χ4n) is 3.08. The first-order valence-corrected chi connectivity index (χ1v) is 11.2. The Labute approximate surface area is 195 Å². The molecule has 0 saturated carbocycles. The van der Waals surface area contributed by atoms with Crippen LogP contribution in [0.25, 0.3) is 0 Å². The van der Waals surface area contributed by atoms with Gasteiger partial charge in [-0.25, -0.2) is 0 Å². The number of nitrogens with one attached hydrogen (secondary N) is 1. The number of rotatable bonds is 6. The lowest BCUT2D eigenvalue weighted by atomic mass is 10.0. The van der Waals surface area contributed by atoms with Crippen LogP contribution in [-0.2, 0) is 4.79 Å². The van der Waals surface area contributed by atoms with E-state index in [0.717, 1.165) is 17.1 Å². The van der Waals surface area contributed by atoms with Crippen molar-refractivity contribution in [3.8, 4) is 0 Å². The van der Waals surface area contributed by atoms with Crippen molar-refractivity contribution in [2.75, 3.05) is 4.90 Å². The zero-order valence-electron chi connectivity index (χ0n) is 17.5. The number of hydrogen-bond acceptors (Lipinski definition) is 5. The molecule has 3 rings (SSSR count). The summed E-state index contributed by atoms with van der Waals surface area (Å²) in [5.41, 5.74) is 2.14. The van der Waals surface area contributed by atoms with Crippen LogP contribution in [0.3, 0.4) is 0 Å². The number of nitrogens with zero attached hydrogens (tertiary/aromatic N) is 3. The summed E-state index contributed by atoms with van der Waals surface area (Å²) in [4.78, 5) is 29.1. The average molecular weight is 477 g/mol. The number of hydrogen-bond donors (Lipinski definition) is 1. The molecule has 0 fully saturated rings. The maximum absolute atomic E-state index is 13.7. The Morgan fingerprint density at radius 1 is 1.06 bits per heavy atom. The molecule has 162 valence electrons. The Morgan fingerprint density at radius 3 is 2.29 bits per heavy atom. The van der Waals surface area contributed by atoms with Gasteiger partial charge in [-0.15, -0.1) is 5.10 Å². The minimum Gasteiger partial charge on any atom is -0.352 e. The molecule has 1 aromatic heterocycles. The van der Waals surface area contributed by atoms with Gasteiger partial charge in [0, 0.05) is 21.8 Å². The number of carbonyl (C=O) groups is 2. The van der Waals surface area contributed by atoms with Gasteiger partial charge in [0.2, 0.25) is 5.91 Å². The SMILES string of the molecule is Cc1ccc(N(C(=O)c2nnsc2C)C(C(=O)NC(C)C)c2ccc(Cl)cc2)cc1Cl. The average Bonchev–Trinajstić information content (AvgIpc) is 3.14. The maximum Gasteiger partial charge on any atom is 0.281 e. The quantitative estimate of drug-likeness (QED) is 0.518. The zero-order chi connectivity index (χ0) is 22.7. The lowest BCUT2D eigenvalue weighted by Crippen LogP contribution is -2.46. The van der Waals surface area contributed by atoms with E-state index in [1.807, 2.05) is 26.8 Å². The van der Waals surface area contributed by atoms with Crippen LogP contribution in [-0.4, -0.2) is 27.4 Å². The molecule has 0 aliphatic heterocycles. The van der Waals surface area contributed by atoms with Crippen molar-refractivity contribution in [1.82, 2.24) is 14.9 Å². The molecule has 0 bridgehead atoms. The molecule has 1 unspecified atom stereocenters. The van der Waals surface area contributed by atoms with Crippen LogP contribution in [0.4, 0.5) is 5.69 Å². The molecule has 1 heterocycles. The number of anilines is 1. The van der Waals surface area contributed by atoms with Crippen LogP contribution in [0.1, 0.15) is 46.4 Å². The topological polar surface area (TPSA) is 75.2 Å². The Bertz CT molecular complexity index is 1100. The van der Waals surface area contributed by atoms with Crippen LogP contribution in [0.15, 0.2) is 42.5 Å².